The number of Topliss-reactive ketones (excluding diaryl/α,β-unsaturated/α-hetero) is 1. The minimum atomic E-state index is -0.385. The molecule has 2 atom stereocenters. The van der Waals surface area contributed by atoms with Crippen molar-refractivity contribution < 1.29 is 18.7 Å². The lowest BCUT2D eigenvalue weighted by atomic mass is 9.95. The summed E-state index contributed by atoms with van der Waals surface area (Å²) in [6.45, 7) is 1.26. The van der Waals surface area contributed by atoms with Crippen LogP contribution in [0, 0.1) is 11.7 Å². The summed E-state index contributed by atoms with van der Waals surface area (Å²) < 4.78 is 20.2. The van der Waals surface area contributed by atoms with Crippen molar-refractivity contribution in [2.45, 2.75) is 25.3 Å². The molecule has 0 radical (unpaired) electrons. The van der Waals surface area contributed by atoms with Crippen LogP contribution in [0.4, 0.5) is 4.39 Å². The number of halogens is 2. The predicted octanol–water partition coefficient (Wildman–Crippen LogP) is 3.28. The number of nitrogens with zero attached hydrogens (tertiary/aromatic N) is 1. The second kappa shape index (κ2) is 6.53. The van der Waals surface area contributed by atoms with Crippen LogP contribution in [-0.4, -0.2) is 47.4 Å². The number of aromatic nitrogens is 1. The molecule has 1 saturated carbocycles. The number of nitrogens with one attached hydrogen (secondary N) is 1. The number of ether oxygens (including phenoxy) is 1. The summed E-state index contributed by atoms with van der Waals surface area (Å²) in [5, 5.41) is 0.383. The van der Waals surface area contributed by atoms with Gasteiger partial charge in [0.25, 0.3) is 5.91 Å². The van der Waals surface area contributed by atoms with E-state index in [0.29, 0.717) is 47.2 Å². The smallest absolute Gasteiger partial charge is 0.270 e. The maximum Gasteiger partial charge on any atom is 0.270 e. The van der Waals surface area contributed by atoms with Crippen molar-refractivity contribution in [3.63, 3.8) is 0 Å². The van der Waals surface area contributed by atoms with E-state index in [1.807, 2.05) is 0 Å². The second-order valence-corrected chi connectivity index (χ2v) is 7.55. The van der Waals surface area contributed by atoms with Gasteiger partial charge in [0.15, 0.2) is 0 Å². The number of hydrogen-bond acceptors (Lipinski definition) is 3. The lowest BCUT2D eigenvalue weighted by Crippen LogP contribution is -2.53. The number of carbonyl (C=O) groups is 2. The summed E-state index contributed by atoms with van der Waals surface area (Å²) in [4.78, 5) is 29.9. The highest BCUT2D eigenvalue weighted by molar-refractivity contribution is 9.10. The molecule has 2 fully saturated rings. The van der Waals surface area contributed by atoms with Crippen LogP contribution in [0.1, 0.15) is 29.8 Å². The van der Waals surface area contributed by atoms with Gasteiger partial charge in [-0.05, 0) is 31.0 Å². The fourth-order valence-corrected chi connectivity index (χ4v) is 4.32. The second-order valence-electron chi connectivity index (χ2n) is 6.64. The highest BCUT2D eigenvalue weighted by atomic mass is 79.9. The zero-order chi connectivity index (χ0) is 17.6. The largest absolute Gasteiger partial charge is 0.377 e. The molecule has 0 bridgehead atoms. The Morgan fingerprint density at radius 3 is 2.96 bits per heavy atom. The molecule has 25 heavy (non-hydrogen) atoms. The first-order valence-corrected chi connectivity index (χ1v) is 9.23. The molecule has 7 heteroatoms. The fourth-order valence-electron chi connectivity index (χ4n) is 3.89. The first-order chi connectivity index (χ1) is 12.0. The van der Waals surface area contributed by atoms with E-state index in [4.69, 9.17) is 4.74 Å². The third-order valence-electron chi connectivity index (χ3n) is 5.13. The van der Waals surface area contributed by atoms with E-state index < -0.39 is 0 Å². The van der Waals surface area contributed by atoms with Gasteiger partial charge in [-0.25, -0.2) is 4.39 Å². The van der Waals surface area contributed by atoms with Crippen molar-refractivity contribution in [2.75, 3.05) is 19.8 Å². The van der Waals surface area contributed by atoms with E-state index >= 15 is 0 Å². The number of rotatable bonds is 2. The van der Waals surface area contributed by atoms with Gasteiger partial charge in [0.2, 0.25) is 0 Å². The first kappa shape index (κ1) is 16.7. The van der Waals surface area contributed by atoms with Crippen LogP contribution in [0.2, 0.25) is 0 Å². The molecular weight excluding hydrogens is 391 g/mol. The van der Waals surface area contributed by atoms with E-state index in [-0.39, 0.29) is 29.5 Å². The molecule has 1 aromatic carbocycles. The van der Waals surface area contributed by atoms with Gasteiger partial charge in [0, 0.05) is 28.7 Å². The van der Waals surface area contributed by atoms with Crippen molar-refractivity contribution >= 4 is 38.5 Å². The Kier molecular flexibility index (Phi) is 4.37. The van der Waals surface area contributed by atoms with Crippen LogP contribution in [0.3, 0.4) is 0 Å². The topological polar surface area (TPSA) is 62.4 Å². The molecule has 1 amide bonds. The number of amides is 1. The van der Waals surface area contributed by atoms with Gasteiger partial charge < -0.3 is 14.6 Å². The molecule has 5 nitrogen and oxygen atoms in total. The monoisotopic (exact) mass is 408 g/mol. The first-order valence-electron chi connectivity index (χ1n) is 8.44. The molecule has 4 rings (SSSR count). The van der Waals surface area contributed by atoms with Gasteiger partial charge in [-0.1, -0.05) is 15.9 Å². The van der Waals surface area contributed by atoms with Crippen LogP contribution >= 0.6 is 15.9 Å². The molecule has 1 aliphatic carbocycles. The number of hydrogen-bond donors (Lipinski definition) is 1. The van der Waals surface area contributed by atoms with Crippen molar-refractivity contribution in [3.05, 3.63) is 34.2 Å². The molecule has 2 aliphatic rings. The van der Waals surface area contributed by atoms with Crippen LogP contribution in [0.25, 0.3) is 10.9 Å². The highest BCUT2D eigenvalue weighted by Gasteiger charge is 2.39. The van der Waals surface area contributed by atoms with Crippen molar-refractivity contribution in [3.8, 4) is 0 Å². The molecule has 1 aliphatic heterocycles. The quantitative estimate of drug-likeness (QED) is 0.828. The third kappa shape index (κ3) is 3.00. The number of aromatic amines is 1. The maximum absolute atomic E-state index is 14.1. The third-order valence-corrected chi connectivity index (χ3v) is 5.58. The highest BCUT2D eigenvalue weighted by Crippen LogP contribution is 2.31. The van der Waals surface area contributed by atoms with E-state index in [2.05, 4.69) is 20.9 Å². The average Bonchev–Trinajstić information content (AvgIpc) is 3.20. The van der Waals surface area contributed by atoms with Gasteiger partial charge in [0.1, 0.15) is 17.3 Å². The van der Waals surface area contributed by atoms with E-state index in [0.717, 1.165) is 12.8 Å². The number of ketones is 1. The zero-order valence-corrected chi connectivity index (χ0v) is 15.1. The molecule has 132 valence electrons. The van der Waals surface area contributed by atoms with Crippen LogP contribution in [0.15, 0.2) is 22.7 Å². The average molecular weight is 409 g/mol. The molecule has 1 saturated heterocycles. The van der Waals surface area contributed by atoms with Gasteiger partial charge in [-0.15, -0.1) is 0 Å². The maximum atomic E-state index is 14.1. The predicted molar refractivity (Wildman–Crippen MR) is 93.9 cm³/mol. The lowest BCUT2D eigenvalue weighted by Gasteiger charge is -2.38. The molecule has 1 N–H and O–H groups in total. The summed E-state index contributed by atoms with van der Waals surface area (Å²) in [5.41, 5.74) is 0.904. The Morgan fingerprint density at radius 1 is 1.36 bits per heavy atom. The van der Waals surface area contributed by atoms with Crippen molar-refractivity contribution in [2.24, 2.45) is 5.92 Å². The normalized spacial score (nSPS) is 24.2. The van der Waals surface area contributed by atoms with E-state index in [1.165, 1.54) is 6.07 Å². The molecule has 0 spiro atoms. The van der Waals surface area contributed by atoms with Crippen LogP contribution in [-0.2, 0) is 9.53 Å². The summed E-state index contributed by atoms with van der Waals surface area (Å²) in [7, 11) is 0. The van der Waals surface area contributed by atoms with E-state index in [9.17, 15) is 14.0 Å². The lowest BCUT2D eigenvalue weighted by molar-refractivity contribution is -0.124. The Hall–Kier alpha value is -1.73. The minimum Gasteiger partial charge on any atom is -0.377 e. The number of morpholine rings is 1. The number of benzene rings is 1. The van der Waals surface area contributed by atoms with Gasteiger partial charge >= 0.3 is 0 Å². The molecule has 0 unspecified atom stereocenters. The number of H-pyrrole nitrogens is 1. The van der Waals surface area contributed by atoms with Crippen LogP contribution in [0.5, 0.6) is 0 Å². The number of fused-ring (bicyclic) bond motifs is 1. The zero-order valence-electron chi connectivity index (χ0n) is 13.6. The summed E-state index contributed by atoms with van der Waals surface area (Å²) in [6, 6.07) is 4.42. The fraction of sp³-hybridized carbons (Fsp3) is 0.444. The number of carbonyl (C=O) groups excluding carboxylic acids is 2. The molecule has 2 heterocycles. The Labute approximate surface area is 152 Å². The van der Waals surface area contributed by atoms with Crippen LogP contribution < -0.4 is 0 Å². The summed E-state index contributed by atoms with van der Waals surface area (Å²) in [5.74, 6) is -0.539. The molecular formula is C18H18BrFN2O3. The van der Waals surface area contributed by atoms with Crippen molar-refractivity contribution in [1.29, 1.82) is 0 Å². The summed E-state index contributed by atoms with van der Waals surface area (Å²) >= 11 is 3.26. The molecule has 2 aromatic rings. The van der Waals surface area contributed by atoms with Gasteiger partial charge in [0.05, 0.1) is 24.8 Å². The van der Waals surface area contributed by atoms with Gasteiger partial charge in [-0.2, -0.15) is 0 Å². The molecule has 1 aromatic heterocycles. The Balaban J connectivity index is 1.66. The minimum absolute atomic E-state index is 0.153. The van der Waals surface area contributed by atoms with Gasteiger partial charge in [-0.3, -0.25) is 9.59 Å². The summed E-state index contributed by atoms with van der Waals surface area (Å²) in [6.07, 6.45) is 2.24. The Bertz CT molecular complexity index is 850. The Morgan fingerprint density at radius 2 is 2.20 bits per heavy atom. The SMILES string of the molecule is O=C1CCC[C@H]1[C@@H]1COCCN1C(=O)c1cc2c(F)cc(Br)cc2[nH]1. The van der Waals surface area contributed by atoms with E-state index in [1.54, 1.807) is 17.0 Å². The standard InChI is InChI=1S/C18H18BrFN2O3/c19-10-6-13(20)12-8-15(21-14(12)7-10)18(24)22-4-5-25-9-16(22)11-2-1-3-17(11)23/h6-8,11,16,21H,1-5,9H2/t11-,16-/m0/s1. The van der Waals surface area contributed by atoms with Crippen molar-refractivity contribution in [1.82, 2.24) is 9.88 Å².